The minimum absolute atomic E-state index is 0.229. The van der Waals surface area contributed by atoms with Crippen molar-refractivity contribution in [3.8, 4) is 0 Å². The number of benzene rings is 2. The molecule has 2 aromatic carbocycles. The van der Waals surface area contributed by atoms with Crippen molar-refractivity contribution in [3.05, 3.63) is 66.2 Å². The highest BCUT2D eigenvalue weighted by Gasteiger charge is 2.32. The molecule has 2 saturated heterocycles. The second kappa shape index (κ2) is 8.57. The van der Waals surface area contributed by atoms with Crippen molar-refractivity contribution in [2.24, 2.45) is 5.92 Å². The molecule has 27 heavy (non-hydrogen) atoms. The second-order valence-corrected chi connectivity index (χ2v) is 7.83. The summed E-state index contributed by atoms with van der Waals surface area (Å²) in [6.45, 7) is 6.87. The Bertz CT molecular complexity index is 718. The van der Waals surface area contributed by atoms with E-state index in [0.717, 1.165) is 58.7 Å². The van der Waals surface area contributed by atoms with Gasteiger partial charge in [0.2, 0.25) is 5.91 Å². The fourth-order valence-electron chi connectivity index (χ4n) is 4.42. The van der Waals surface area contributed by atoms with Crippen LogP contribution in [0.1, 0.15) is 18.4 Å². The van der Waals surface area contributed by atoms with Crippen LogP contribution in [0.4, 0.5) is 5.69 Å². The summed E-state index contributed by atoms with van der Waals surface area (Å²) in [6, 6.07) is 21.2. The lowest BCUT2D eigenvalue weighted by Crippen LogP contribution is -3.11. The third-order valence-corrected chi connectivity index (χ3v) is 6.05. The zero-order valence-corrected chi connectivity index (χ0v) is 16.0. The number of para-hydroxylation sites is 1. The Labute approximate surface area is 162 Å². The first-order valence-corrected chi connectivity index (χ1v) is 10.3. The standard InChI is InChI=1S/C23H29N3O/c27-23(26-17-15-25(16-18-26)22-9-5-2-6-10-22)21-11-13-24(14-12-21)19-20-7-3-1-4-8-20/h1-10,21H,11-19H2/p+1. The van der Waals surface area contributed by atoms with Crippen LogP contribution >= 0.6 is 0 Å². The van der Waals surface area contributed by atoms with Gasteiger partial charge in [0.05, 0.1) is 13.1 Å². The summed E-state index contributed by atoms with van der Waals surface area (Å²) in [5, 5.41) is 0. The van der Waals surface area contributed by atoms with Gasteiger partial charge in [0, 0.05) is 56.2 Å². The molecule has 0 unspecified atom stereocenters. The first-order chi connectivity index (χ1) is 13.3. The molecular formula is C23H30N3O+. The molecular weight excluding hydrogens is 334 g/mol. The zero-order valence-electron chi connectivity index (χ0n) is 16.0. The quantitative estimate of drug-likeness (QED) is 0.897. The topological polar surface area (TPSA) is 28.0 Å². The number of quaternary nitrogens is 1. The molecule has 0 radical (unpaired) electrons. The number of hydrogen-bond donors (Lipinski definition) is 1. The maximum absolute atomic E-state index is 13.0. The number of likely N-dealkylation sites (tertiary alicyclic amines) is 1. The molecule has 2 heterocycles. The van der Waals surface area contributed by atoms with Crippen molar-refractivity contribution in [3.63, 3.8) is 0 Å². The van der Waals surface area contributed by atoms with Crippen molar-refractivity contribution < 1.29 is 9.69 Å². The zero-order chi connectivity index (χ0) is 18.5. The molecule has 142 valence electrons. The van der Waals surface area contributed by atoms with E-state index >= 15 is 0 Å². The number of amides is 1. The van der Waals surface area contributed by atoms with E-state index in [1.54, 1.807) is 4.90 Å². The summed E-state index contributed by atoms with van der Waals surface area (Å²) in [7, 11) is 0. The van der Waals surface area contributed by atoms with Crippen LogP contribution in [-0.4, -0.2) is 50.1 Å². The Morgan fingerprint density at radius 3 is 2.07 bits per heavy atom. The highest BCUT2D eigenvalue weighted by atomic mass is 16.2. The Balaban J connectivity index is 1.24. The molecule has 2 aromatic rings. The van der Waals surface area contributed by atoms with E-state index in [2.05, 4.69) is 70.5 Å². The molecule has 0 bridgehead atoms. The van der Waals surface area contributed by atoms with E-state index in [1.165, 1.54) is 11.3 Å². The van der Waals surface area contributed by atoms with Crippen LogP contribution in [0, 0.1) is 5.92 Å². The Morgan fingerprint density at radius 2 is 1.44 bits per heavy atom. The van der Waals surface area contributed by atoms with E-state index in [0.29, 0.717) is 5.91 Å². The van der Waals surface area contributed by atoms with Gasteiger partial charge in [-0.05, 0) is 12.1 Å². The summed E-state index contributed by atoms with van der Waals surface area (Å²) < 4.78 is 0. The Kier molecular flexibility index (Phi) is 5.73. The monoisotopic (exact) mass is 364 g/mol. The van der Waals surface area contributed by atoms with Crippen LogP contribution in [0.25, 0.3) is 0 Å². The van der Waals surface area contributed by atoms with Gasteiger partial charge in [-0.2, -0.15) is 0 Å². The smallest absolute Gasteiger partial charge is 0.226 e. The van der Waals surface area contributed by atoms with E-state index in [4.69, 9.17) is 0 Å². The lowest BCUT2D eigenvalue weighted by Gasteiger charge is -2.38. The van der Waals surface area contributed by atoms with Gasteiger partial charge in [-0.25, -0.2) is 0 Å². The van der Waals surface area contributed by atoms with Crippen molar-refractivity contribution >= 4 is 11.6 Å². The van der Waals surface area contributed by atoms with Gasteiger partial charge >= 0.3 is 0 Å². The largest absolute Gasteiger partial charge is 0.368 e. The van der Waals surface area contributed by atoms with Gasteiger partial charge in [0.15, 0.2) is 0 Å². The Morgan fingerprint density at radius 1 is 0.852 bits per heavy atom. The first kappa shape index (κ1) is 18.1. The van der Waals surface area contributed by atoms with Crippen molar-refractivity contribution in [1.82, 2.24) is 4.90 Å². The average molecular weight is 365 g/mol. The summed E-state index contributed by atoms with van der Waals surface area (Å²) in [4.78, 5) is 19.1. The maximum atomic E-state index is 13.0. The molecule has 4 nitrogen and oxygen atoms in total. The van der Waals surface area contributed by atoms with Crippen LogP contribution in [0.2, 0.25) is 0 Å². The lowest BCUT2D eigenvalue weighted by molar-refractivity contribution is -0.919. The van der Waals surface area contributed by atoms with E-state index < -0.39 is 0 Å². The molecule has 1 N–H and O–H groups in total. The molecule has 0 aromatic heterocycles. The highest BCUT2D eigenvalue weighted by molar-refractivity contribution is 5.79. The molecule has 0 saturated carbocycles. The maximum Gasteiger partial charge on any atom is 0.226 e. The van der Waals surface area contributed by atoms with Gasteiger partial charge in [-0.1, -0.05) is 48.5 Å². The van der Waals surface area contributed by atoms with E-state index in [-0.39, 0.29) is 5.92 Å². The molecule has 0 spiro atoms. The molecule has 4 heteroatoms. The number of hydrogen-bond acceptors (Lipinski definition) is 2. The van der Waals surface area contributed by atoms with Crippen LogP contribution < -0.4 is 9.80 Å². The van der Waals surface area contributed by atoms with Crippen LogP contribution in [0.15, 0.2) is 60.7 Å². The summed E-state index contributed by atoms with van der Waals surface area (Å²) in [5.74, 6) is 0.620. The van der Waals surface area contributed by atoms with Crippen LogP contribution in [0.3, 0.4) is 0 Å². The van der Waals surface area contributed by atoms with Gasteiger partial charge in [-0.3, -0.25) is 4.79 Å². The number of carbonyl (C=O) groups excluding carboxylic acids is 1. The Hall–Kier alpha value is -2.33. The fraction of sp³-hybridized carbons (Fsp3) is 0.435. The van der Waals surface area contributed by atoms with Crippen molar-refractivity contribution in [2.75, 3.05) is 44.2 Å². The van der Waals surface area contributed by atoms with Crippen molar-refractivity contribution in [1.29, 1.82) is 0 Å². The summed E-state index contributed by atoms with van der Waals surface area (Å²) in [5.41, 5.74) is 2.66. The highest BCUT2D eigenvalue weighted by Crippen LogP contribution is 2.19. The molecule has 2 fully saturated rings. The minimum atomic E-state index is 0.229. The third-order valence-electron chi connectivity index (χ3n) is 6.05. The number of nitrogens with one attached hydrogen (secondary N) is 1. The van der Waals surface area contributed by atoms with Gasteiger partial charge in [-0.15, -0.1) is 0 Å². The van der Waals surface area contributed by atoms with Gasteiger partial charge < -0.3 is 14.7 Å². The van der Waals surface area contributed by atoms with Gasteiger partial charge in [0.1, 0.15) is 6.54 Å². The number of nitrogens with zero attached hydrogens (tertiary/aromatic N) is 2. The molecule has 2 aliphatic rings. The van der Waals surface area contributed by atoms with Crippen LogP contribution in [-0.2, 0) is 11.3 Å². The first-order valence-electron chi connectivity index (χ1n) is 10.3. The molecule has 4 rings (SSSR count). The number of rotatable bonds is 4. The average Bonchev–Trinajstić information content (AvgIpc) is 2.75. The van der Waals surface area contributed by atoms with E-state index in [1.807, 2.05) is 0 Å². The number of anilines is 1. The SMILES string of the molecule is O=C(C1CC[NH+](Cc2ccccc2)CC1)N1CCN(c2ccccc2)CC1. The predicted molar refractivity (Wildman–Crippen MR) is 109 cm³/mol. The lowest BCUT2D eigenvalue weighted by atomic mass is 9.94. The third kappa shape index (κ3) is 4.51. The number of piperidine rings is 1. The number of carbonyl (C=O) groups is 1. The summed E-state index contributed by atoms with van der Waals surface area (Å²) >= 11 is 0. The molecule has 2 aliphatic heterocycles. The minimum Gasteiger partial charge on any atom is -0.368 e. The fourth-order valence-corrected chi connectivity index (χ4v) is 4.42. The molecule has 1 amide bonds. The number of piperazine rings is 1. The van der Waals surface area contributed by atoms with E-state index in [9.17, 15) is 4.79 Å². The van der Waals surface area contributed by atoms with Gasteiger partial charge in [0.25, 0.3) is 0 Å². The predicted octanol–water partition coefficient (Wildman–Crippen LogP) is 1.83. The summed E-state index contributed by atoms with van der Waals surface area (Å²) in [6.07, 6.45) is 2.06. The molecule has 0 aliphatic carbocycles. The normalized spacial score (nSPS) is 23.3. The van der Waals surface area contributed by atoms with Crippen molar-refractivity contribution in [2.45, 2.75) is 19.4 Å². The molecule has 0 atom stereocenters. The second-order valence-electron chi connectivity index (χ2n) is 7.83. The van der Waals surface area contributed by atoms with Crippen LogP contribution in [0.5, 0.6) is 0 Å².